The van der Waals surface area contributed by atoms with Crippen molar-refractivity contribution >= 4 is 73.1 Å². The van der Waals surface area contributed by atoms with Gasteiger partial charge in [-0.2, -0.15) is 0 Å². The van der Waals surface area contributed by atoms with Crippen molar-refractivity contribution in [3.8, 4) is 17.2 Å². The monoisotopic (exact) mass is 596 g/mol. The largest absolute Gasteiger partial charge is 0.492 e. The maximum Gasteiger partial charge on any atom is 0.298 e. The van der Waals surface area contributed by atoms with E-state index in [9.17, 15) is 9.59 Å². The zero-order valence-electron chi connectivity index (χ0n) is 19.1. The van der Waals surface area contributed by atoms with E-state index in [2.05, 4.69) is 20.5 Å². The van der Waals surface area contributed by atoms with E-state index in [4.69, 9.17) is 25.8 Å². The molecule has 0 saturated carbocycles. The first-order valence-electron chi connectivity index (χ1n) is 11.3. The van der Waals surface area contributed by atoms with Crippen molar-refractivity contribution in [1.82, 2.24) is 4.57 Å². The van der Waals surface area contributed by atoms with Crippen molar-refractivity contribution in [3.05, 3.63) is 86.8 Å². The maximum absolute atomic E-state index is 13.2. The van der Waals surface area contributed by atoms with Gasteiger partial charge in [0.15, 0.2) is 11.5 Å². The number of amides is 2. The smallest absolute Gasteiger partial charge is 0.298 e. The van der Waals surface area contributed by atoms with Crippen LogP contribution in [0.15, 0.2) is 76.2 Å². The molecule has 2 aliphatic rings. The number of aromatic nitrogens is 1. The summed E-state index contributed by atoms with van der Waals surface area (Å²) >= 11 is 10.5. The molecule has 3 aromatic carbocycles. The maximum atomic E-state index is 13.2. The highest BCUT2D eigenvalue weighted by Crippen LogP contribution is 2.38. The Bertz CT molecular complexity index is 1600. The van der Waals surface area contributed by atoms with E-state index in [-0.39, 0.29) is 17.9 Å². The summed E-state index contributed by atoms with van der Waals surface area (Å²) < 4.78 is 19.7. The van der Waals surface area contributed by atoms with Crippen molar-refractivity contribution in [1.29, 1.82) is 0 Å². The number of thioether (sulfide) groups is 1. The predicted octanol–water partition coefficient (Wildman–Crippen LogP) is 7.11. The van der Waals surface area contributed by atoms with Crippen molar-refractivity contribution in [2.24, 2.45) is 0 Å². The summed E-state index contributed by atoms with van der Waals surface area (Å²) in [6.45, 7) is 1.21. The van der Waals surface area contributed by atoms with Gasteiger partial charge in [0.25, 0.3) is 11.1 Å². The van der Waals surface area contributed by atoms with Crippen LogP contribution in [0, 0.1) is 0 Å². The van der Waals surface area contributed by atoms with Crippen LogP contribution in [0.1, 0.15) is 5.56 Å². The van der Waals surface area contributed by atoms with E-state index in [1.54, 1.807) is 30.3 Å². The van der Waals surface area contributed by atoms with Gasteiger partial charge in [0.1, 0.15) is 12.4 Å². The number of nitrogens with zero attached hydrogens (tertiary/aromatic N) is 2. The van der Waals surface area contributed by atoms with Crippen molar-refractivity contribution in [3.63, 3.8) is 0 Å². The summed E-state index contributed by atoms with van der Waals surface area (Å²) in [6.07, 6.45) is 3.73. The molecule has 2 aliphatic heterocycles. The lowest BCUT2D eigenvalue weighted by Crippen LogP contribution is -2.27. The lowest BCUT2D eigenvalue weighted by molar-refractivity contribution is -0.113. The molecule has 7 nitrogen and oxygen atoms in total. The number of fused-ring (bicyclic) bond motifs is 2. The highest BCUT2D eigenvalue weighted by molar-refractivity contribution is 9.10. The van der Waals surface area contributed by atoms with Crippen molar-refractivity contribution in [2.45, 2.75) is 6.54 Å². The Balaban J connectivity index is 1.26. The standard InChI is InChI=1S/C27H18BrClN2O5S/c28-17-4-6-22-21(11-17)16(10-25-26(32)31(27(33)37-25)19-3-1-2-18(29)12-19)14-30(22)8-9-34-20-5-7-23-24(13-20)36-15-35-23/h1-7,10-14H,8-9,15H2/b25-10-. The highest BCUT2D eigenvalue weighted by Gasteiger charge is 2.36. The zero-order chi connectivity index (χ0) is 25.5. The molecule has 186 valence electrons. The van der Waals surface area contributed by atoms with Crippen LogP contribution < -0.4 is 19.1 Å². The molecule has 3 heterocycles. The molecule has 4 aromatic rings. The topological polar surface area (TPSA) is 70.0 Å². The van der Waals surface area contributed by atoms with E-state index in [1.807, 2.05) is 42.6 Å². The second-order valence-electron chi connectivity index (χ2n) is 8.30. The fourth-order valence-corrected chi connectivity index (χ4v) is 5.65. The molecule has 6 rings (SSSR count). The molecule has 2 amide bonds. The van der Waals surface area contributed by atoms with Gasteiger partial charge in [0.05, 0.1) is 17.1 Å². The number of ether oxygens (including phenoxy) is 3. The Morgan fingerprint density at radius 3 is 2.78 bits per heavy atom. The van der Waals surface area contributed by atoms with Gasteiger partial charge in [-0.25, -0.2) is 4.90 Å². The van der Waals surface area contributed by atoms with Crippen LogP contribution in [-0.4, -0.2) is 29.1 Å². The van der Waals surface area contributed by atoms with Crippen LogP contribution in [0.25, 0.3) is 17.0 Å². The van der Waals surface area contributed by atoms with Crippen molar-refractivity contribution in [2.75, 3.05) is 18.3 Å². The number of imide groups is 1. The minimum atomic E-state index is -0.376. The normalized spacial score (nSPS) is 15.8. The Labute approximate surface area is 229 Å². The number of hydrogen-bond donors (Lipinski definition) is 0. The lowest BCUT2D eigenvalue weighted by atomic mass is 10.1. The summed E-state index contributed by atoms with van der Waals surface area (Å²) in [6, 6.07) is 18.2. The lowest BCUT2D eigenvalue weighted by Gasteiger charge is -2.12. The molecule has 0 aliphatic carbocycles. The Hall–Kier alpha value is -3.40. The number of halogens is 2. The summed E-state index contributed by atoms with van der Waals surface area (Å²) in [5.74, 6) is 1.69. The van der Waals surface area contributed by atoms with Gasteiger partial charge in [0, 0.05) is 38.2 Å². The van der Waals surface area contributed by atoms with E-state index in [1.165, 1.54) is 0 Å². The van der Waals surface area contributed by atoms with E-state index in [0.29, 0.717) is 46.0 Å². The van der Waals surface area contributed by atoms with Crippen LogP contribution in [0.5, 0.6) is 17.2 Å². The number of carbonyl (C=O) groups excluding carboxylic acids is 2. The molecule has 1 fully saturated rings. The summed E-state index contributed by atoms with van der Waals surface area (Å²) in [4.78, 5) is 27.4. The fraction of sp³-hybridized carbons (Fsp3) is 0.111. The summed E-state index contributed by atoms with van der Waals surface area (Å²) in [5, 5.41) is 1.05. The number of benzene rings is 3. The molecule has 37 heavy (non-hydrogen) atoms. The van der Waals surface area contributed by atoms with E-state index < -0.39 is 0 Å². The van der Waals surface area contributed by atoms with Crippen LogP contribution in [-0.2, 0) is 11.3 Å². The molecule has 0 atom stereocenters. The first kappa shape index (κ1) is 24.0. The number of rotatable bonds is 6. The average Bonchev–Trinajstić information content (AvgIpc) is 3.55. The van der Waals surface area contributed by atoms with E-state index in [0.717, 1.165) is 37.6 Å². The molecule has 0 bridgehead atoms. The second-order valence-corrected chi connectivity index (χ2v) is 10.6. The predicted molar refractivity (Wildman–Crippen MR) is 148 cm³/mol. The fourth-order valence-electron chi connectivity index (χ4n) is 4.27. The molecule has 0 spiro atoms. The Kier molecular flexibility index (Phi) is 6.36. The molecule has 10 heteroatoms. The third-order valence-electron chi connectivity index (χ3n) is 5.97. The Morgan fingerprint density at radius 2 is 1.92 bits per heavy atom. The SMILES string of the molecule is O=C1S/C(=C\c2cn(CCOc3ccc4c(c3)OCO4)c3ccc(Br)cc23)C(=O)N1c1cccc(Cl)c1. The first-order valence-corrected chi connectivity index (χ1v) is 13.3. The number of hydrogen-bond acceptors (Lipinski definition) is 6. The second kappa shape index (κ2) is 9.81. The average molecular weight is 598 g/mol. The minimum absolute atomic E-state index is 0.214. The molecule has 1 aromatic heterocycles. The van der Waals surface area contributed by atoms with Gasteiger partial charge in [-0.15, -0.1) is 0 Å². The third kappa shape index (κ3) is 4.70. The quantitative estimate of drug-likeness (QED) is 0.221. The van der Waals surface area contributed by atoms with Crippen molar-refractivity contribution < 1.29 is 23.8 Å². The van der Waals surface area contributed by atoms with Gasteiger partial charge in [-0.1, -0.05) is 33.6 Å². The van der Waals surface area contributed by atoms with Gasteiger partial charge in [0.2, 0.25) is 6.79 Å². The highest BCUT2D eigenvalue weighted by atomic mass is 79.9. The van der Waals surface area contributed by atoms with Gasteiger partial charge in [-0.05, 0) is 66.4 Å². The molecule has 0 unspecified atom stereocenters. The number of carbonyl (C=O) groups is 2. The van der Waals surface area contributed by atoms with Gasteiger partial charge >= 0.3 is 0 Å². The molecular formula is C27H18BrClN2O5S. The molecule has 1 saturated heterocycles. The molecule has 0 radical (unpaired) electrons. The Morgan fingerprint density at radius 1 is 1.05 bits per heavy atom. The number of anilines is 1. The zero-order valence-corrected chi connectivity index (χ0v) is 22.3. The van der Waals surface area contributed by atoms with Crippen LogP contribution in [0.2, 0.25) is 5.02 Å². The molecular weight excluding hydrogens is 580 g/mol. The van der Waals surface area contributed by atoms with E-state index >= 15 is 0 Å². The van der Waals surface area contributed by atoms with Crippen LogP contribution in [0.3, 0.4) is 0 Å². The minimum Gasteiger partial charge on any atom is -0.492 e. The first-order chi connectivity index (χ1) is 18.0. The third-order valence-corrected chi connectivity index (χ3v) is 7.56. The van der Waals surface area contributed by atoms with Crippen LogP contribution in [0.4, 0.5) is 10.5 Å². The summed E-state index contributed by atoms with van der Waals surface area (Å²) in [7, 11) is 0. The summed E-state index contributed by atoms with van der Waals surface area (Å²) in [5.41, 5.74) is 2.26. The van der Waals surface area contributed by atoms with Crippen LogP contribution >= 0.6 is 39.3 Å². The van der Waals surface area contributed by atoms with Gasteiger partial charge < -0.3 is 18.8 Å². The van der Waals surface area contributed by atoms with Gasteiger partial charge in [-0.3, -0.25) is 9.59 Å². The molecule has 0 N–H and O–H groups in total.